The van der Waals surface area contributed by atoms with Crippen LogP contribution in [0, 0.1) is 0 Å². The number of aromatic nitrogens is 6. The average Bonchev–Trinajstić information content (AvgIpc) is 2.93. The number of fused-ring (bicyclic) bond motifs is 2. The third kappa shape index (κ3) is 4.02. The van der Waals surface area contributed by atoms with Crippen molar-refractivity contribution in [2.45, 2.75) is 13.0 Å². The monoisotopic (exact) mass is 486 g/mol. The van der Waals surface area contributed by atoms with Crippen LogP contribution in [0.1, 0.15) is 18.7 Å². The van der Waals surface area contributed by atoms with Crippen LogP contribution < -0.4 is 16.6 Å². The van der Waals surface area contributed by atoms with E-state index in [4.69, 9.17) is 5.73 Å². The number of pyridine rings is 2. The molecule has 0 aliphatic heterocycles. The Morgan fingerprint density at radius 2 is 1.78 bits per heavy atom. The van der Waals surface area contributed by atoms with Crippen LogP contribution in [0.2, 0.25) is 0 Å². The standard InChI is InChI=1S/C28H22N8O/c1-17(33-26-25-22(11-6-13-30-25)34-28(29)35-26)23-15-18-7-5-10-21(19-12-14-31-32-16-19)24(18)27(37)36(23)20-8-3-2-4-9-20/h2-17H,1H3,(H3,29,33,34,35). The molecule has 0 bridgehead atoms. The zero-order valence-corrected chi connectivity index (χ0v) is 19.9. The molecule has 9 heteroatoms. The Morgan fingerprint density at radius 3 is 2.59 bits per heavy atom. The highest BCUT2D eigenvalue weighted by Crippen LogP contribution is 2.30. The number of hydrogen-bond donors (Lipinski definition) is 2. The molecule has 0 saturated heterocycles. The lowest BCUT2D eigenvalue weighted by Gasteiger charge is -2.22. The third-order valence-corrected chi connectivity index (χ3v) is 6.25. The van der Waals surface area contributed by atoms with E-state index in [1.807, 2.05) is 73.7 Å². The normalized spacial score (nSPS) is 12.0. The van der Waals surface area contributed by atoms with Crippen LogP contribution in [0.4, 0.5) is 11.8 Å². The van der Waals surface area contributed by atoms with E-state index in [0.29, 0.717) is 22.2 Å². The van der Waals surface area contributed by atoms with Gasteiger partial charge in [0.2, 0.25) is 5.95 Å². The van der Waals surface area contributed by atoms with Gasteiger partial charge in [-0.2, -0.15) is 15.2 Å². The van der Waals surface area contributed by atoms with E-state index in [1.54, 1.807) is 29.2 Å². The zero-order valence-electron chi connectivity index (χ0n) is 19.9. The van der Waals surface area contributed by atoms with Gasteiger partial charge in [0, 0.05) is 23.1 Å². The van der Waals surface area contributed by atoms with Crippen LogP contribution in [0.3, 0.4) is 0 Å². The first-order valence-corrected chi connectivity index (χ1v) is 11.8. The predicted octanol–water partition coefficient (Wildman–Crippen LogP) is 4.54. The van der Waals surface area contributed by atoms with Crippen molar-refractivity contribution in [1.82, 2.24) is 29.7 Å². The number of para-hydroxylation sites is 1. The van der Waals surface area contributed by atoms with E-state index in [2.05, 4.69) is 30.5 Å². The van der Waals surface area contributed by atoms with Crippen LogP contribution in [0.25, 0.3) is 38.6 Å². The first-order valence-electron chi connectivity index (χ1n) is 11.8. The highest BCUT2D eigenvalue weighted by molar-refractivity contribution is 5.96. The lowest BCUT2D eigenvalue weighted by molar-refractivity contribution is 0.774. The highest BCUT2D eigenvalue weighted by atomic mass is 16.1. The molecule has 6 rings (SSSR count). The Morgan fingerprint density at radius 1 is 0.919 bits per heavy atom. The minimum atomic E-state index is -0.330. The molecule has 9 nitrogen and oxygen atoms in total. The van der Waals surface area contributed by atoms with Crippen molar-refractivity contribution in [3.8, 4) is 16.8 Å². The molecule has 6 aromatic rings. The van der Waals surface area contributed by atoms with Gasteiger partial charge in [0.15, 0.2) is 5.82 Å². The maximum Gasteiger partial charge on any atom is 0.263 e. The van der Waals surface area contributed by atoms with Gasteiger partial charge in [-0.3, -0.25) is 14.3 Å². The Balaban J connectivity index is 1.57. The van der Waals surface area contributed by atoms with Gasteiger partial charge in [-0.05, 0) is 54.3 Å². The van der Waals surface area contributed by atoms with E-state index >= 15 is 0 Å². The van der Waals surface area contributed by atoms with Gasteiger partial charge < -0.3 is 11.1 Å². The van der Waals surface area contributed by atoms with Gasteiger partial charge in [-0.1, -0.05) is 36.4 Å². The number of rotatable bonds is 5. The molecule has 0 saturated carbocycles. The number of nitrogens with two attached hydrogens (primary N) is 1. The minimum absolute atomic E-state index is 0.134. The fourth-order valence-corrected chi connectivity index (χ4v) is 4.60. The van der Waals surface area contributed by atoms with Crippen LogP contribution >= 0.6 is 0 Å². The molecule has 1 unspecified atom stereocenters. The topological polar surface area (TPSA) is 124 Å². The van der Waals surface area contributed by atoms with Crippen LogP contribution in [0.15, 0.2) is 96.2 Å². The molecule has 0 fully saturated rings. The molecule has 0 spiro atoms. The number of anilines is 2. The largest absolute Gasteiger partial charge is 0.368 e. The van der Waals surface area contributed by atoms with E-state index in [0.717, 1.165) is 27.9 Å². The van der Waals surface area contributed by atoms with Gasteiger partial charge in [0.05, 0.1) is 29.3 Å². The number of hydrogen-bond acceptors (Lipinski definition) is 8. The fraction of sp³-hybridized carbons (Fsp3) is 0.0714. The van der Waals surface area contributed by atoms with Crippen LogP contribution in [-0.4, -0.2) is 29.7 Å². The Bertz CT molecular complexity index is 1800. The SMILES string of the molecule is CC(Nc1nc(N)nc2cccnc12)c1cc2cccc(-c3ccnnc3)c2c(=O)n1-c1ccccc1. The molecular weight excluding hydrogens is 464 g/mol. The van der Waals surface area contributed by atoms with Crippen molar-refractivity contribution in [3.05, 3.63) is 107 Å². The second-order valence-corrected chi connectivity index (χ2v) is 8.61. The Hall–Kier alpha value is -5.18. The first kappa shape index (κ1) is 22.3. The van der Waals surface area contributed by atoms with Crippen molar-refractivity contribution in [1.29, 1.82) is 0 Å². The molecule has 0 radical (unpaired) electrons. The molecule has 37 heavy (non-hydrogen) atoms. The summed E-state index contributed by atoms with van der Waals surface area (Å²) in [6.45, 7) is 1.98. The lowest BCUT2D eigenvalue weighted by atomic mass is 9.99. The van der Waals surface area contributed by atoms with Crippen LogP contribution in [0.5, 0.6) is 0 Å². The quantitative estimate of drug-likeness (QED) is 0.364. The summed E-state index contributed by atoms with van der Waals surface area (Å²) in [5, 5.41) is 12.7. The van der Waals surface area contributed by atoms with E-state index in [-0.39, 0.29) is 17.5 Å². The van der Waals surface area contributed by atoms with Crippen molar-refractivity contribution in [2.24, 2.45) is 0 Å². The summed E-state index contributed by atoms with van der Waals surface area (Å²) in [6.07, 6.45) is 4.97. The Labute approximate surface area is 211 Å². The number of benzene rings is 2. The summed E-state index contributed by atoms with van der Waals surface area (Å²) in [5.74, 6) is 0.643. The summed E-state index contributed by atoms with van der Waals surface area (Å²) in [6, 6.07) is 22.6. The van der Waals surface area contributed by atoms with Gasteiger partial charge in [0.25, 0.3) is 5.56 Å². The smallest absolute Gasteiger partial charge is 0.263 e. The zero-order chi connectivity index (χ0) is 25.4. The molecule has 3 N–H and O–H groups in total. The maximum atomic E-state index is 14.2. The average molecular weight is 487 g/mol. The first-order chi connectivity index (χ1) is 18.1. The molecule has 0 aliphatic rings. The fourth-order valence-electron chi connectivity index (χ4n) is 4.60. The second kappa shape index (κ2) is 9.12. The summed E-state index contributed by atoms with van der Waals surface area (Å²) in [7, 11) is 0. The third-order valence-electron chi connectivity index (χ3n) is 6.25. The van der Waals surface area contributed by atoms with Crippen LogP contribution in [-0.2, 0) is 0 Å². The van der Waals surface area contributed by atoms with E-state index < -0.39 is 0 Å². The molecule has 0 aliphatic carbocycles. The van der Waals surface area contributed by atoms with Gasteiger partial charge in [0.1, 0.15) is 5.52 Å². The van der Waals surface area contributed by atoms with Gasteiger partial charge in [-0.15, -0.1) is 0 Å². The summed E-state index contributed by atoms with van der Waals surface area (Å²) in [4.78, 5) is 27.3. The Kier molecular flexibility index (Phi) is 5.49. The lowest BCUT2D eigenvalue weighted by Crippen LogP contribution is -2.26. The molecule has 2 aromatic carbocycles. The number of nitrogen functional groups attached to an aromatic ring is 1. The maximum absolute atomic E-state index is 14.2. The second-order valence-electron chi connectivity index (χ2n) is 8.61. The highest BCUT2D eigenvalue weighted by Gasteiger charge is 2.20. The van der Waals surface area contributed by atoms with Gasteiger partial charge in [-0.25, -0.2) is 4.98 Å². The molecule has 4 heterocycles. The molecule has 1 atom stereocenters. The molecular formula is C28H22N8O. The number of nitrogens with zero attached hydrogens (tertiary/aromatic N) is 6. The predicted molar refractivity (Wildman–Crippen MR) is 144 cm³/mol. The van der Waals surface area contributed by atoms with Crippen molar-refractivity contribution >= 4 is 33.6 Å². The molecule has 0 amide bonds. The molecule has 180 valence electrons. The van der Waals surface area contributed by atoms with Crippen molar-refractivity contribution in [3.63, 3.8) is 0 Å². The van der Waals surface area contributed by atoms with Crippen molar-refractivity contribution < 1.29 is 0 Å². The summed E-state index contributed by atoms with van der Waals surface area (Å²) in [5.41, 5.74) is 10.2. The summed E-state index contributed by atoms with van der Waals surface area (Å²) < 4.78 is 1.73. The summed E-state index contributed by atoms with van der Waals surface area (Å²) >= 11 is 0. The van der Waals surface area contributed by atoms with E-state index in [9.17, 15) is 4.79 Å². The van der Waals surface area contributed by atoms with Gasteiger partial charge >= 0.3 is 0 Å². The number of nitrogens with one attached hydrogen (secondary N) is 1. The molecule has 4 aromatic heterocycles. The minimum Gasteiger partial charge on any atom is -0.368 e. The van der Waals surface area contributed by atoms with E-state index in [1.165, 1.54) is 0 Å². The van der Waals surface area contributed by atoms with Crippen molar-refractivity contribution in [2.75, 3.05) is 11.1 Å².